The second kappa shape index (κ2) is 7.61. The number of nitrogens with zero attached hydrogens (tertiary/aromatic N) is 2. The summed E-state index contributed by atoms with van der Waals surface area (Å²) < 4.78 is 7.76. The fourth-order valence-corrected chi connectivity index (χ4v) is 3.74. The molecule has 4 heteroatoms. The Kier molecular flexibility index (Phi) is 5.07. The van der Waals surface area contributed by atoms with E-state index >= 15 is 0 Å². The van der Waals surface area contributed by atoms with Gasteiger partial charge in [-0.3, -0.25) is 4.90 Å². The molecule has 0 saturated carbocycles. The summed E-state index contributed by atoms with van der Waals surface area (Å²) >= 11 is 6.07. The average Bonchev–Trinajstić information content (AvgIpc) is 3.02. The standard InChI is InChI=1S/C21H23ClN2O/c22-18-8-6-17(7-9-18)20-16-19-4-1-2-11-24(19)21(20)5-3-10-23-12-14-25-15-13-23/h1-2,4,6-9,11,16H,3,5,10,12-15H2. The molecule has 0 N–H and O–H groups in total. The van der Waals surface area contributed by atoms with Gasteiger partial charge in [-0.2, -0.15) is 0 Å². The van der Waals surface area contributed by atoms with Crippen LogP contribution in [0.1, 0.15) is 12.1 Å². The fourth-order valence-electron chi connectivity index (χ4n) is 3.61. The average molecular weight is 355 g/mol. The molecule has 0 atom stereocenters. The van der Waals surface area contributed by atoms with Gasteiger partial charge in [0.15, 0.2) is 0 Å². The number of pyridine rings is 1. The van der Waals surface area contributed by atoms with Crippen LogP contribution in [0.4, 0.5) is 0 Å². The SMILES string of the molecule is Clc1ccc(-c2cc3ccccn3c2CCCN2CCOCC2)cc1. The Morgan fingerprint density at radius 2 is 1.80 bits per heavy atom. The van der Waals surface area contributed by atoms with Crippen LogP contribution >= 0.6 is 11.6 Å². The van der Waals surface area contributed by atoms with Crippen LogP contribution in [0.25, 0.3) is 16.6 Å². The highest BCUT2D eigenvalue weighted by Gasteiger charge is 2.14. The van der Waals surface area contributed by atoms with Crippen molar-refractivity contribution in [3.05, 3.63) is 65.4 Å². The molecule has 25 heavy (non-hydrogen) atoms. The highest BCUT2D eigenvalue weighted by atomic mass is 35.5. The Balaban J connectivity index is 1.59. The largest absolute Gasteiger partial charge is 0.379 e. The van der Waals surface area contributed by atoms with Gasteiger partial charge in [0.2, 0.25) is 0 Å². The van der Waals surface area contributed by atoms with E-state index < -0.39 is 0 Å². The minimum absolute atomic E-state index is 0.779. The lowest BCUT2D eigenvalue weighted by Crippen LogP contribution is -2.37. The molecule has 3 heterocycles. The number of hydrogen-bond acceptors (Lipinski definition) is 2. The Bertz CT molecular complexity index is 835. The molecule has 0 unspecified atom stereocenters. The van der Waals surface area contributed by atoms with Crippen LogP contribution < -0.4 is 0 Å². The smallest absolute Gasteiger partial charge is 0.0594 e. The van der Waals surface area contributed by atoms with E-state index in [0.717, 1.165) is 50.7 Å². The Hall–Kier alpha value is -1.81. The van der Waals surface area contributed by atoms with Crippen LogP contribution in [0.2, 0.25) is 5.02 Å². The van der Waals surface area contributed by atoms with Gasteiger partial charge in [-0.05, 0) is 55.3 Å². The van der Waals surface area contributed by atoms with E-state index in [1.165, 1.54) is 22.3 Å². The normalized spacial score (nSPS) is 15.7. The number of benzene rings is 1. The van der Waals surface area contributed by atoms with Crippen molar-refractivity contribution in [2.75, 3.05) is 32.8 Å². The van der Waals surface area contributed by atoms with E-state index in [0.29, 0.717) is 0 Å². The van der Waals surface area contributed by atoms with Crippen molar-refractivity contribution in [3.63, 3.8) is 0 Å². The Labute approximate surface area is 153 Å². The van der Waals surface area contributed by atoms with E-state index in [2.05, 4.69) is 51.9 Å². The molecule has 0 spiro atoms. The monoisotopic (exact) mass is 354 g/mol. The molecule has 130 valence electrons. The van der Waals surface area contributed by atoms with Crippen LogP contribution in [0, 0.1) is 0 Å². The molecule has 0 amide bonds. The minimum Gasteiger partial charge on any atom is -0.379 e. The van der Waals surface area contributed by atoms with Crippen LogP contribution in [0.15, 0.2) is 54.7 Å². The van der Waals surface area contributed by atoms with Crippen LogP contribution in [0.5, 0.6) is 0 Å². The maximum Gasteiger partial charge on any atom is 0.0594 e. The molecule has 1 saturated heterocycles. The zero-order chi connectivity index (χ0) is 17.1. The number of aromatic nitrogens is 1. The highest BCUT2D eigenvalue weighted by Crippen LogP contribution is 2.29. The van der Waals surface area contributed by atoms with Gasteiger partial charge < -0.3 is 9.14 Å². The number of ether oxygens (including phenoxy) is 1. The van der Waals surface area contributed by atoms with Crippen molar-refractivity contribution in [3.8, 4) is 11.1 Å². The number of halogens is 1. The molecule has 3 nitrogen and oxygen atoms in total. The summed E-state index contributed by atoms with van der Waals surface area (Å²) in [6.07, 6.45) is 4.38. The molecule has 3 aromatic rings. The molecule has 1 aliphatic rings. The molecule has 1 fully saturated rings. The lowest BCUT2D eigenvalue weighted by molar-refractivity contribution is 0.0374. The maximum absolute atomic E-state index is 6.07. The molecular formula is C21H23ClN2O. The summed E-state index contributed by atoms with van der Waals surface area (Å²) in [4.78, 5) is 2.50. The topological polar surface area (TPSA) is 16.9 Å². The predicted octanol–water partition coefficient (Wildman–Crippen LogP) is 4.52. The Morgan fingerprint density at radius 1 is 1.00 bits per heavy atom. The zero-order valence-electron chi connectivity index (χ0n) is 14.3. The number of rotatable bonds is 5. The number of hydrogen-bond donors (Lipinski definition) is 0. The molecule has 1 aliphatic heterocycles. The van der Waals surface area contributed by atoms with Crippen molar-refractivity contribution in [1.82, 2.24) is 9.30 Å². The van der Waals surface area contributed by atoms with Crippen molar-refractivity contribution in [2.45, 2.75) is 12.8 Å². The van der Waals surface area contributed by atoms with Gasteiger partial charge >= 0.3 is 0 Å². The van der Waals surface area contributed by atoms with E-state index in [1.54, 1.807) is 0 Å². The van der Waals surface area contributed by atoms with Gasteiger partial charge in [-0.15, -0.1) is 0 Å². The van der Waals surface area contributed by atoms with E-state index in [4.69, 9.17) is 16.3 Å². The van der Waals surface area contributed by atoms with E-state index in [-0.39, 0.29) is 0 Å². The third-order valence-electron chi connectivity index (χ3n) is 4.93. The summed E-state index contributed by atoms with van der Waals surface area (Å²) in [7, 11) is 0. The van der Waals surface area contributed by atoms with Gasteiger partial charge in [0.25, 0.3) is 0 Å². The number of morpholine rings is 1. The summed E-state index contributed by atoms with van der Waals surface area (Å²) in [6.45, 7) is 4.97. The summed E-state index contributed by atoms with van der Waals surface area (Å²) in [5, 5.41) is 0.779. The first kappa shape index (κ1) is 16.6. The third kappa shape index (κ3) is 3.74. The highest BCUT2D eigenvalue weighted by molar-refractivity contribution is 6.30. The maximum atomic E-state index is 6.07. The molecule has 0 aliphatic carbocycles. The second-order valence-electron chi connectivity index (χ2n) is 6.56. The molecule has 4 rings (SSSR count). The van der Waals surface area contributed by atoms with Crippen molar-refractivity contribution in [2.24, 2.45) is 0 Å². The molecule has 0 radical (unpaired) electrons. The first-order chi connectivity index (χ1) is 12.3. The quantitative estimate of drug-likeness (QED) is 0.669. The summed E-state index contributed by atoms with van der Waals surface area (Å²) in [5.74, 6) is 0. The van der Waals surface area contributed by atoms with Gasteiger partial charge in [-0.25, -0.2) is 0 Å². The third-order valence-corrected chi connectivity index (χ3v) is 5.18. The predicted molar refractivity (Wildman–Crippen MR) is 103 cm³/mol. The van der Waals surface area contributed by atoms with Crippen molar-refractivity contribution >= 4 is 17.1 Å². The summed E-state index contributed by atoms with van der Waals surface area (Å²) in [6, 6.07) is 16.8. The van der Waals surface area contributed by atoms with Crippen LogP contribution in [-0.2, 0) is 11.2 Å². The van der Waals surface area contributed by atoms with Crippen molar-refractivity contribution < 1.29 is 4.74 Å². The van der Waals surface area contributed by atoms with Gasteiger partial charge in [-0.1, -0.05) is 29.8 Å². The van der Waals surface area contributed by atoms with Crippen LogP contribution in [0.3, 0.4) is 0 Å². The van der Waals surface area contributed by atoms with Crippen LogP contribution in [-0.4, -0.2) is 42.1 Å². The minimum atomic E-state index is 0.779. The van der Waals surface area contributed by atoms with Crippen molar-refractivity contribution in [1.29, 1.82) is 0 Å². The second-order valence-corrected chi connectivity index (χ2v) is 7.00. The molecule has 2 aromatic heterocycles. The Morgan fingerprint density at radius 3 is 2.60 bits per heavy atom. The lowest BCUT2D eigenvalue weighted by atomic mass is 10.0. The molecular weight excluding hydrogens is 332 g/mol. The first-order valence-corrected chi connectivity index (χ1v) is 9.34. The van der Waals surface area contributed by atoms with Gasteiger partial charge in [0.1, 0.15) is 0 Å². The van der Waals surface area contributed by atoms with Gasteiger partial charge in [0.05, 0.1) is 13.2 Å². The fraction of sp³-hybridized carbons (Fsp3) is 0.333. The van der Waals surface area contributed by atoms with Gasteiger partial charge in [0, 0.05) is 41.1 Å². The summed E-state index contributed by atoms with van der Waals surface area (Å²) in [5.41, 5.74) is 5.17. The number of aryl methyl sites for hydroxylation is 1. The van der Waals surface area contributed by atoms with E-state index in [1.807, 2.05) is 12.1 Å². The zero-order valence-corrected chi connectivity index (χ0v) is 15.1. The number of fused-ring (bicyclic) bond motifs is 1. The molecule has 1 aromatic carbocycles. The lowest BCUT2D eigenvalue weighted by Gasteiger charge is -2.26. The van der Waals surface area contributed by atoms with E-state index in [9.17, 15) is 0 Å². The first-order valence-electron chi connectivity index (χ1n) is 8.96. The molecule has 0 bridgehead atoms.